The molecular formula is C18H16BrNO5. The molecule has 0 amide bonds. The van der Waals surface area contributed by atoms with Crippen LogP contribution in [0.2, 0.25) is 0 Å². The van der Waals surface area contributed by atoms with E-state index in [2.05, 4.69) is 15.9 Å². The van der Waals surface area contributed by atoms with Crippen LogP contribution in [-0.4, -0.2) is 22.0 Å². The van der Waals surface area contributed by atoms with Gasteiger partial charge in [-0.3, -0.25) is 19.7 Å². The van der Waals surface area contributed by atoms with Crippen LogP contribution in [0.25, 0.3) is 0 Å². The molecule has 0 aliphatic heterocycles. The maximum atomic E-state index is 11.8. The summed E-state index contributed by atoms with van der Waals surface area (Å²) in [5.74, 6) is -0.0774. The minimum atomic E-state index is -0.512. The number of non-ortho nitro benzene ring substituents is 1. The van der Waals surface area contributed by atoms with Crippen LogP contribution >= 0.6 is 15.9 Å². The number of aryl methyl sites for hydroxylation is 1. The highest BCUT2D eigenvalue weighted by Gasteiger charge is 2.09. The number of benzene rings is 2. The van der Waals surface area contributed by atoms with Gasteiger partial charge < -0.3 is 4.74 Å². The maximum Gasteiger partial charge on any atom is 0.311 e. The smallest absolute Gasteiger partial charge is 0.311 e. The second-order valence-corrected chi connectivity index (χ2v) is 5.89. The number of Topliss-reactive ketones (excluding diaryl/α,β-unsaturated/α-hetero) is 1. The average molecular weight is 406 g/mol. The van der Waals surface area contributed by atoms with E-state index >= 15 is 0 Å². The molecule has 0 N–H and O–H groups in total. The molecule has 0 bridgehead atoms. The second-order valence-electron chi connectivity index (χ2n) is 5.33. The zero-order valence-electron chi connectivity index (χ0n) is 13.3. The second kappa shape index (κ2) is 9.08. The van der Waals surface area contributed by atoms with Gasteiger partial charge in [-0.2, -0.15) is 0 Å². The lowest BCUT2D eigenvalue weighted by atomic mass is 10.0. The van der Waals surface area contributed by atoms with Crippen molar-refractivity contribution < 1.29 is 19.2 Å². The largest absolute Gasteiger partial charge is 0.427 e. The fourth-order valence-electron chi connectivity index (χ4n) is 2.19. The number of ether oxygens (including phenoxy) is 1. The minimum Gasteiger partial charge on any atom is -0.427 e. The summed E-state index contributed by atoms with van der Waals surface area (Å²) in [5.41, 5.74) is 1.63. The predicted octanol–water partition coefficient (Wildman–Crippen LogP) is 4.10. The molecule has 0 aliphatic rings. The molecular weight excluding hydrogens is 390 g/mol. The standard InChI is InChI=1S/C18H16BrNO5/c19-12-17(21)14-6-4-13(5-7-14)2-1-3-18(22)25-16-10-8-15(9-11-16)20(23)24/h4-11H,1-3,12H2. The highest BCUT2D eigenvalue weighted by Crippen LogP contribution is 2.18. The minimum absolute atomic E-state index is 0.0261. The summed E-state index contributed by atoms with van der Waals surface area (Å²) in [6, 6.07) is 12.7. The normalized spacial score (nSPS) is 10.3. The Hall–Kier alpha value is -2.54. The molecule has 0 heterocycles. The van der Waals surface area contributed by atoms with Gasteiger partial charge in [-0.15, -0.1) is 0 Å². The maximum absolute atomic E-state index is 11.8. The Balaban J connectivity index is 1.78. The molecule has 0 aromatic heterocycles. The van der Waals surface area contributed by atoms with Gasteiger partial charge in [0, 0.05) is 24.1 Å². The van der Waals surface area contributed by atoms with Crippen molar-refractivity contribution in [3.05, 3.63) is 69.8 Å². The van der Waals surface area contributed by atoms with Crippen molar-refractivity contribution >= 4 is 33.4 Å². The van der Waals surface area contributed by atoms with Gasteiger partial charge in [0.2, 0.25) is 0 Å². The molecule has 0 spiro atoms. The van der Waals surface area contributed by atoms with Gasteiger partial charge in [0.1, 0.15) is 5.75 Å². The van der Waals surface area contributed by atoms with Gasteiger partial charge in [-0.05, 0) is 30.5 Å². The van der Waals surface area contributed by atoms with Crippen molar-refractivity contribution in [2.45, 2.75) is 19.3 Å². The summed E-state index contributed by atoms with van der Waals surface area (Å²) < 4.78 is 5.14. The van der Waals surface area contributed by atoms with E-state index in [1.165, 1.54) is 24.3 Å². The lowest BCUT2D eigenvalue weighted by Crippen LogP contribution is -2.08. The van der Waals surface area contributed by atoms with Crippen LogP contribution in [0, 0.1) is 10.1 Å². The summed E-state index contributed by atoms with van der Waals surface area (Å²) >= 11 is 3.13. The predicted molar refractivity (Wildman–Crippen MR) is 96.2 cm³/mol. The highest BCUT2D eigenvalue weighted by molar-refractivity contribution is 9.09. The van der Waals surface area contributed by atoms with Gasteiger partial charge >= 0.3 is 5.97 Å². The highest BCUT2D eigenvalue weighted by atomic mass is 79.9. The topological polar surface area (TPSA) is 86.5 Å². The van der Waals surface area contributed by atoms with Crippen molar-refractivity contribution in [1.29, 1.82) is 0 Å². The Morgan fingerprint density at radius 3 is 2.24 bits per heavy atom. The van der Waals surface area contributed by atoms with E-state index in [0.717, 1.165) is 5.56 Å². The van der Waals surface area contributed by atoms with Gasteiger partial charge in [0.15, 0.2) is 5.78 Å². The summed E-state index contributed by atoms with van der Waals surface area (Å²) in [5, 5.41) is 10.9. The van der Waals surface area contributed by atoms with E-state index in [1.807, 2.05) is 12.1 Å². The molecule has 6 nitrogen and oxygen atoms in total. The average Bonchev–Trinajstić information content (AvgIpc) is 2.62. The molecule has 0 radical (unpaired) electrons. The zero-order valence-corrected chi connectivity index (χ0v) is 14.9. The molecule has 7 heteroatoms. The fourth-order valence-corrected chi connectivity index (χ4v) is 2.51. The molecule has 2 rings (SSSR count). The van der Waals surface area contributed by atoms with Gasteiger partial charge in [0.05, 0.1) is 10.3 Å². The van der Waals surface area contributed by atoms with Crippen molar-refractivity contribution in [3.63, 3.8) is 0 Å². The molecule has 25 heavy (non-hydrogen) atoms. The Kier molecular flexibility index (Phi) is 6.82. The number of carbonyl (C=O) groups is 2. The first-order valence-electron chi connectivity index (χ1n) is 7.63. The van der Waals surface area contributed by atoms with E-state index < -0.39 is 4.92 Å². The first kappa shape index (κ1) is 18.8. The molecule has 130 valence electrons. The van der Waals surface area contributed by atoms with Gasteiger partial charge in [-0.1, -0.05) is 40.2 Å². The molecule has 0 atom stereocenters. The van der Waals surface area contributed by atoms with Gasteiger partial charge in [-0.25, -0.2) is 0 Å². The summed E-state index contributed by atoms with van der Waals surface area (Å²) in [6.45, 7) is 0. The lowest BCUT2D eigenvalue weighted by Gasteiger charge is -2.05. The zero-order chi connectivity index (χ0) is 18.2. The molecule has 0 unspecified atom stereocenters. The molecule has 0 saturated carbocycles. The number of rotatable bonds is 8. The first-order chi connectivity index (χ1) is 12.0. The van der Waals surface area contributed by atoms with Crippen LogP contribution < -0.4 is 4.74 Å². The third kappa shape index (κ3) is 5.79. The molecule has 2 aromatic rings. The monoisotopic (exact) mass is 405 g/mol. The van der Waals surface area contributed by atoms with Crippen LogP contribution in [0.15, 0.2) is 48.5 Å². The SMILES string of the molecule is O=C(CCCc1ccc(C(=O)CBr)cc1)Oc1ccc([N+](=O)[O-])cc1. The Bertz CT molecular complexity index is 756. The summed E-state index contributed by atoms with van der Waals surface area (Å²) in [7, 11) is 0. The molecule has 2 aromatic carbocycles. The van der Waals surface area contributed by atoms with Crippen molar-refractivity contribution in [1.82, 2.24) is 0 Å². The van der Waals surface area contributed by atoms with E-state index in [1.54, 1.807) is 12.1 Å². The van der Waals surface area contributed by atoms with E-state index in [4.69, 9.17) is 4.74 Å². The quantitative estimate of drug-likeness (QED) is 0.165. The van der Waals surface area contributed by atoms with Crippen molar-refractivity contribution in [2.75, 3.05) is 5.33 Å². The summed E-state index contributed by atoms with van der Waals surface area (Å²) in [4.78, 5) is 33.4. The van der Waals surface area contributed by atoms with Crippen LogP contribution in [-0.2, 0) is 11.2 Å². The van der Waals surface area contributed by atoms with E-state index in [0.29, 0.717) is 23.7 Å². The van der Waals surface area contributed by atoms with Crippen LogP contribution in [0.4, 0.5) is 5.69 Å². The third-order valence-corrected chi connectivity index (χ3v) is 4.03. The molecule has 0 fully saturated rings. The Labute approximate surface area is 153 Å². The number of nitro benzene ring substituents is 1. The number of alkyl halides is 1. The fraction of sp³-hybridized carbons (Fsp3) is 0.222. The summed E-state index contributed by atoms with van der Waals surface area (Å²) in [6.07, 6.45) is 1.54. The van der Waals surface area contributed by atoms with Gasteiger partial charge in [0.25, 0.3) is 5.69 Å². The number of nitro groups is 1. The third-order valence-electron chi connectivity index (χ3n) is 3.52. The number of ketones is 1. The van der Waals surface area contributed by atoms with Crippen LogP contribution in [0.3, 0.4) is 0 Å². The Morgan fingerprint density at radius 2 is 1.68 bits per heavy atom. The number of nitrogens with zero attached hydrogens (tertiary/aromatic N) is 1. The van der Waals surface area contributed by atoms with Crippen LogP contribution in [0.5, 0.6) is 5.75 Å². The molecule has 0 aliphatic carbocycles. The van der Waals surface area contributed by atoms with Crippen molar-refractivity contribution in [2.24, 2.45) is 0 Å². The van der Waals surface area contributed by atoms with E-state index in [-0.39, 0.29) is 29.6 Å². The lowest BCUT2D eigenvalue weighted by molar-refractivity contribution is -0.384. The Morgan fingerprint density at radius 1 is 1.04 bits per heavy atom. The van der Waals surface area contributed by atoms with Crippen LogP contribution in [0.1, 0.15) is 28.8 Å². The molecule has 0 saturated heterocycles. The number of hydrogen-bond acceptors (Lipinski definition) is 5. The number of halogens is 1. The van der Waals surface area contributed by atoms with E-state index in [9.17, 15) is 19.7 Å². The first-order valence-corrected chi connectivity index (χ1v) is 8.75. The van der Waals surface area contributed by atoms with Crippen molar-refractivity contribution in [3.8, 4) is 5.75 Å². The number of esters is 1. The number of carbonyl (C=O) groups excluding carboxylic acids is 2. The number of hydrogen-bond donors (Lipinski definition) is 0.